The normalized spacial score (nSPS) is 20.7. The third-order valence-electron chi connectivity index (χ3n) is 15.8. The summed E-state index contributed by atoms with van der Waals surface area (Å²) < 4.78 is 268. The summed E-state index contributed by atoms with van der Waals surface area (Å²) in [6, 6.07) is 19.7. The molecule has 0 saturated carbocycles. The number of H-pyrrole nitrogens is 2. The second kappa shape index (κ2) is 46.3. The van der Waals surface area contributed by atoms with Crippen molar-refractivity contribution in [1.82, 2.24) is 34.4 Å². The molecule has 15 atom stereocenters. The number of hydrogen-bond acceptors (Lipinski definition) is 27. The molecule has 34 nitrogen and oxygen atoms in total. The average molecular weight is 1860 g/mol. The van der Waals surface area contributed by atoms with Gasteiger partial charge in [-0.2, -0.15) is 32.8 Å². The van der Waals surface area contributed by atoms with Crippen LogP contribution < -0.4 is 66.1 Å². The lowest BCUT2D eigenvalue weighted by Gasteiger charge is -2.25. The highest BCUT2D eigenvalue weighted by atomic mass is 35.5. The molecule has 0 aliphatic carbocycles. The molecule has 2 fully saturated rings. The molecule has 5 aromatic carbocycles. The van der Waals surface area contributed by atoms with Gasteiger partial charge in [0.05, 0.1) is 37.6 Å². The van der Waals surface area contributed by atoms with Gasteiger partial charge in [0.25, 0.3) is 11.1 Å². The maximum atomic E-state index is 15.4. The Morgan fingerprint density at radius 2 is 0.710 bits per heavy atom. The largest absolute Gasteiger partial charge is 0.513 e. The van der Waals surface area contributed by atoms with E-state index in [1.54, 1.807) is 65.0 Å². The minimum atomic E-state index is -4.91. The minimum absolute atomic E-state index is 0. The van der Waals surface area contributed by atoms with Crippen LogP contribution in [0.3, 0.4) is 0 Å². The van der Waals surface area contributed by atoms with Crippen molar-refractivity contribution in [1.29, 1.82) is 0 Å². The smallest absolute Gasteiger partial charge is 0.462 e. The molecule has 4 heterocycles. The van der Waals surface area contributed by atoms with Crippen LogP contribution in [0.1, 0.15) is 109 Å². The number of carbonyl (C=O) groups is 4. The number of aliphatic hydroxyl groups excluding tert-OH is 3. The third kappa shape index (κ3) is 29.6. The zero-order valence-electron chi connectivity index (χ0n) is 68.0. The Labute approximate surface area is 704 Å². The summed E-state index contributed by atoms with van der Waals surface area (Å²) in [6.45, 7) is 19.2. The molecule has 0 spiro atoms. The third-order valence-corrected chi connectivity index (χ3v) is 20.6. The quantitative estimate of drug-likeness (QED) is 0.00504. The van der Waals surface area contributed by atoms with Gasteiger partial charge in [0.15, 0.2) is 23.8 Å². The van der Waals surface area contributed by atoms with Gasteiger partial charge in [0.2, 0.25) is 69.7 Å². The van der Waals surface area contributed by atoms with Crippen molar-refractivity contribution < 1.29 is 156 Å². The number of esters is 4. The molecule has 2 aliphatic rings. The van der Waals surface area contributed by atoms with Crippen LogP contribution in [-0.2, 0) is 65.8 Å². The van der Waals surface area contributed by atoms with Crippen LogP contribution in [-0.4, -0.2) is 156 Å². The molecular weight excluding hydrogens is 1770 g/mol. The zero-order chi connectivity index (χ0) is 92.9. The molecule has 0 bridgehead atoms. The lowest BCUT2D eigenvalue weighted by molar-refractivity contribution is -0.150. The number of ether oxygens (including phenoxy) is 6. The molecule has 688 valence electrons. The summed E-state index contributed by atoms with van der Waals surface area (Å²) >= 11 is 0. The van der Waals surface area contributed by atoms with E-state index in [4.69, 9.17) is 57.4 Å². The van der Waals surface area contributed by atoms with Crippen LogP contribution in [0.25, 0.3) is 0 Å². The van der Waals surface area contributed by atoms with Crippen molar-refractivity contribution in [3.8, 4) is 28.7 Å². The van der Waals surface area contributed by atoms with E-state index in [1.165, 1.54) is 109 Å². The zero-order valence-corrected chi connectivity index (χ0v) is 71.5. The Balaban J connectivity index is 0.000000340. The van der Waals surface area contributed by atoms with Crippen molar-refractivity contribution in [2.24, 2.45) is 5.73 Å². The number of aromatic nitrogens is 4. The van der Waals surface area contributed by atoms with Crippen molar-refractivity contribution in [2.75, 3.05) is 13.2 Å². The van der Waals surface area contributed by atoms with Gasteiger partial charge in [-0.1, -0.05) is 54.6 Å². The van der Waals surface area contributed by atoms with Gasteiger partial charge >= 0.3 is 58.5 Å². The molecule has 2 aliphatic heterocycles. The van der Waals surface area contributed by atoms with E-state index < -0.39 is 237 Å². The fraction of sp³-hybridized carbons (Fsp3) is 0.432. The molecule has 3 unspecified atom stereocenters. The highest BCUT2D eigenvalue weighted by Gasteiger charge is 2.57. The number of nitrogens with one attached hydrogen (secondary N) is 5. The van der Waals surface area contributed by atoms with E-state index in [2.05, 4.69) is 24.3 Å². The number of hydrogen-bond donors (Lipinski definition) is 9. The summed E-state index contributed by atoms with van der Waals surface area (Å²) in [6.07, 6.45) is -8.39. The molecule has 0 radical (unpaired) electrons. The Kier molecular flexibility index (Phi) is 39.8. The van der Waals surface area contributed by atoms with Crippen LogP contribution in [0.15, 0.2) is 135 Å². The van der Waals surface area contributed by atoms with E-state index in [0.29, 0.717) is 0 Å². The number of aliphatic hydroxyl groups is 3. The monoisotopic (exact) mass is 1860 g/mol. The molecule has 0 amide bonds. The van der Waals surface area contributed by atoms with E-state index in [9.17, 15) is 111 Å². The summed E-state index contributed by atoms with van der Waals surface area (Å²) in [5.74, 6) is -30.2. The first kappa shape index (κ1) is 106. The van der Waals surface area contributed by atoms with Crippen LogP contribution >= 0.6 is 35.6 Å². The molecule has 2 aromatic heterocycles. The maximum Gasteiger partial charge on any atom is 0.513 e. The lowest BCUT2D eigenvalue weighted by Crippen LogP contribution is -2.43. The summed E-state index contributed by atoms with van der Waals surface area (Å²) in [4.78, 5) is 96.7. The Morgan fingerprint density at radius 3 is 0.976 bits per heavy atom. The van der Waals surface area contributed by atoms with E-state index in [-0.39, 0.29) is 41.7 Å². The molecule has 124 heavy (non-hydrogen) atoms. The fourth-order valence-corrected chi connectivity index (χ4v) is 14.5. The van der Waals surface area contributed by atoms with Crippen LogP contribution in [0.4, 0.5) is 52.7 Å². The number of rotatable bonds is 30. The second-order valence-electron chi connectivity index (χ2n) is 27.7. The van der Waals surface area contributed by atoms with Gasteiger partial charge in [-0.15, -0.1) is 12.4 Å². The maximum absolute atomic E-state index is 15.4. The molecule has 2 saturated heterocycles. The standard InChI is InChI=1S/C22H29FN3O9P.2C18H17F5NO5P.C10H13FN2O5.C6H13NO2.ClH/c1-13(2)33-19(29)14(3)25-36(31,35-15-8-6-5-7-9-15)32-12-16-18(28)22(4,23)20(34-16)26-11-10-17(27)24-21(26)30;2*1-9(2)27-18(25)10(3)24-30(26,28-11-7-5-4-6-8-11)29-17-15(22)13(20)12(19)14(21)16(17)23;1-10(11)7(16)5(4-14)18-8(10)13-3-2-6(15)12-9(13)17;1-4(2)9-6(8)5(3)7;/h5-11,13-14,16,18,20,28H,12H2,1-4H3,(H,25,31)(H,24,27,30);2*4-10H,1-3H3,(H,24,26);2-3,5,7-8,14,16H,4H2,1H3,(H,12,15,17);4-5H,7H2,1-3H3;1H/t14-,16?,18-,20-,22-,36-;2*10-,30?;5-,7-,8-,10-;5-;/m11111./s1. The second-order valence-corrected chi connectivity index (χ2v) is 32.7. The van der Waals surface area contributed by atoms with Crippen LogP contribution in [0.2, 0.25) is 0 Å². The first-order chi connectivity index (χ1) is 57.1. The molecule has 10 N–H and O–H groups in total. The SMILES string of the molecule is CC(C)OC(=O)[C@@H](C)N.CC(C)OC(=O)[C@@H](C)NP(=O)(Oc1ccccc1)Oc1c(F)c(F)c(F)c(F)c1F.CC(C)OC(=O)[C@@H](C)NP(=O)(Oc1ccccc1)Oc1c(F)c(F)c(F)c(F)c1F.CC(C)OC(=O)[C@@H](C)N[P@@](=O)(OCC1O[C@@H](n2ccc(=O)[nH]c2=O)[C@](C)(F)[C@@H]1O)Oc1ccccc1.C[C@@]1(F)[C@H](O)[C@@H](CO)O[C@H]1n1ccc(=O)[nH]c1=O.Cl. The van der Waals surface area contributed by atoms with Gasteiger partial charge in [0, 0.05) is 24.5 Å². The minimum Gasteiger partial charge on any atom is -0.462 e. The summed E-state index contributed by atoms with van der Waals surface area (Å²) in [7, 11) is -14.1. The number of alkyl halides is 2. The van der Waals surface area contributed by atoms with Gasteiger partial charge < -0.3 is 72.1 Å². The van der Waals surface area contributed by atoms with Crippen LogP contribution in [0.5, 0.6) is 28.7 Å². The number of halogens is 13. The highest BCUT2D eigenvalue weighted by molar-refractivity contribution is 7.53. The molecule has 7 aromatic rings. The predicted octanol–water partition coefficient (Wildman–Crippen LogP) is 10.6. The lowest BCUT2D eigenvalue weighted by atomic mass is 9.98. The molecule has 50 heteroatoms. The number of para-hydroxylation sites is 3. The van der Waals surface area contributed by atoms with Crippen molar-refractivity contribution in [3.05, 3.63) is 215 Å². The first-order valence-corrected chi connectivity index (χ1v) is 41.1. The Hall–Kier alpha value is -9.92. The van der Waals surface area contributed by atoms with Crippen molar-refractivity contribution in [3.63, 3.8) is 0 Å². The number of nitrogens with zero attached hydrogens (tertiary/aromatic N) is 2. The fourth-order valence-electron chi connectivity index (χ4n) is 9.98. The Bertz CT molecular complexity index is 4960. The van der Waals surface area contributed by atoms with Gasteiger partial charge in [0.1, 0.15) is 65.8 Å². The molecular formula is C74H90ClF12N8O26P3. The van der Waals surface area contributed by atoms with E-state index in [1.807, 2.05) is 9.97 Å². The van der Waals surface area contributed by atoms with Crippen LogP contribution in [0, 0.1) is 58.2 Å². The van der Waals surface area contributed by atoms with Gasteiger partial charge in [-0.25, -0.2) is 58.4 Å². The van der Waals surface area contributed by atoms with E-state index >= 15 is 4.39 Å². The van der Waals surface area contributed by atoms with E-state index in [0.717, 1.165) is 47.5 Å². The summed E-state index contributed by atoms with van der Waals surface area (Å²) in [5.41, 5.74) is -2.62. The number of benzene rings is 5. The Morgan fingerprint density at radius 1 is 0.444 bits per heavy atom. The van der Waals surface area contributed by atoms with Crippen molar-refractivity contribution >= 4 is 59.5 Å². The average Bonchev–Trinajstić information content (AvgIpc) is 1.54. The van der Waals surface area contributed by atoms with Gasteiger partial charge in [-0.3, -0.25) is 52.4 Å². The number of aromatic amines is 2. The summed E-state index contributed by atoms with van der Waals surface area (Å²) in [5, 5.41) is 35.8. The number of carbonyl (C=O) groups excluding carboxylic acids is 4. The highest BCUT2D eigenvalue weighted by Crippen LogP contribution is 2.51. The van der Waals surface area contributed by atoms with Crippen molar-refractivity contribution in [2.45, 2.75) is 194 Å². The topological polar surface area (TPSA) is 463 Å². The van der Waals surface area contributed by atoms with Gasteiger partial charge in [-0.05, 0) is 133 Å². The number of nitrogens with two attached hydrogens (primary N) is 1. The predicted molar refractivity (Wildman–Crippen MR) is 416 cm³/mol. The molecule has 9 rings (SSSR count). The first-order valence-electron chi connectivity index (χ1n) is 36.4.